The summed E-state index contributed by atoms with van der Waals surface area (Å²) in [5.74, 6) is -0.159. The third kappa shape index (κ3) is 3.38. The van der Waals surface area contributed by atoms with E-state index in [-0.39, 0.29) is 23.3 Å². The molecule has 0 saturated heterocycles. The number of anilines is 1. The molecule has 3 aromatic rings. The van der Waals surface area contributed by atoms with Crippen LogP contribution in [0.4, 0.5) is 10.2 Å². The fraction of sp³-hybridized carbons (Fsp3) is 0.250. The van der Waals surface area contributed by atoms with Gasteiger partial charge in [-0.15, -0.1) is 5.10 Å². The van der Waals surface area contributed by atoms with E-state index < -0.39 is 10.0 Å². The van der Waals surface area contributed by atoms with E-state index in [4.69, 9.17) is 0 Å². The van der Waals surface area contributed by atoms with Crippen LogP contribution in [0.5, 0.6) is 0 Å². The van der Waals surface area contributed by atoms with Crippen LogP contribution in [0.2, 0.25) is 0 Å². The minimum absolute atomic E-state index is 0.206. The van der Waals surface area contributed by atoms with E-state index >= 15 is 0 Å². The number of halogens is 2. The SMILES string of the molecule is O=S(=O)(Nc1nn2ccnc2cc1Cc1ccc(Br)cc1F)C1CC1. The lowest BCUT2D eigenvalue weighted by atomic mass is 10.1. The van der Waals surface area contributed by atoms with E-state index in [2.05, 4.69) is 30.7 Å². The van der Waals surface area contributed by atoms with Crippen LogP contribution in [0, 0.1) is 5.82 Å². The molecule has 0 aliphatic heterocycles. The second-order valence-corrected chi connectivity index (χ2v) is 8.88. The van der Waals surface area contributed by atoms with Gasteiger partial charge in [-0.1, -0.05) is 22.0 Å². The molecule has 0 amide bonds. The predicted molar refractivity (Wildman–Crippen MR) is 95.5 cm³/mol. The van der Waals surface area contributed by atoms with Crippen LogP contribution in [-0.2, 0) is 16.4 Å². The average Bonchev–Trinajstić information content (AvgIpc) is 3.31. The summed E-state index contributed by atoms with van der Waals surface area (Å²) in [5.41, 5.74) is 1.60. The van der Waals surface area contributed by atoms with Crippen LogP contribution in [-0.4, -0.2) is 28.3 Å². The van der Waals surface area contributed by atoms with Gasteiger partial charge in [-0.05, 0) is 36.6 Å². The lowest BCUT2D eigenvalue weighted by Crippen LogP contribution is -2.20. The lowest BCUT2D eigenvalue weighted by molar-refractivity contribution is 0.599. The van der Waals surface area contributed by atoms with Gasteiger partial charge < -0.3 is 0 Å². The number of fused-ring (bicyclic) bond motifs is 1. The normalized spacial score (nSPS) is 14.8. The number of rotatable bonds is 5. The first-order chi connectivity index (χ1) is 11.9. The molecule has 0 spiro atoms. The molecule has 0 atom stereocenters. The Hall–Kier alpha value is -2.00. The molecule has 2 aromatic heterocycles. The van der Waals surface area contributed by atoms with Crippen molar-refractivity contribution in [1.29, 1.82) is 0 Å². The Balaban J connectivity index is 1.76. The Morgan fingerprint density at radius 1 is 1.28 bits per heavy atom. The number of aromatic nitrogens is 3. The largest absolute Gasteiger partial charge is 0.265 e. The third-order valence-corrected chi connectivity index (χ3v) is 6.38. The first-order valence-electron chi connectivity index (χ1n) is 7.71. The number of nitrogens with one attached hydrogen (secondary N) is 1. The predicted octanol–water partition coefficient (Wildman–Crippen LogP) is 3.13. The summed E-state index contributed by atoms with van der Waals surface area (Å²) in [6.45, 7) is 0. The summed E-state index contributed by atoms with van der Waals surface area (Å²) in [6.07, 6.45) is 4.72. The Morgan fingerprint density at radius 2 is 2.08 bits per heavy atom. The zero-order valence-corrected chi connectivity index (χ0v) is 15.4. The Kier molecular flexibility index (Phi) is 3.99. The molecule has 1 N–H and O–H groups in total. The molecular weight excluding hydrogens is 411 g/mol. The van der Waals surface area contributed by atoms with Crippen molar-refractivity contribution in [2.24, 2.45) is 0 Å². The number of hydrogen-bond acceptors (Lipinski definition) is 4. The zero-order chi connectivity index (χ0) is 17.6. The van der Waals surface area contributed by atoms with Gasteiger partial charge in [-0.2, -0.15) is 0 Å². The van der Waals surface area contributed by atoms with Crippen molar-refractivity contribution in [3.05, 3.63) is 58.1 Å². The summed E-state index contributed by atoms with van der Waals surface area (Å²) in [6, 6.07) is 6.51. The van der Waals surface area contributed by atoms with Crippen molar-refractivity contribution in [1.82, 2.24) is 14.6 Å². The molecule has 130 valence electrons. The highest BCUT2D eigenvalue weighted by Crippen LogP contribution is 2.31. The summed E-state index contributed by atoms with van der Waals surface area (Å²) in [5, 5.41) is 3.94. The number of benzene rings is 1. The maximum absolute atomic E-state index is 14.2. The van der Waals surface area contributed by atoms with Crippen molar-refractivity contribution in [2.45, 2.75) is 24.5 Å². The van der Waals surface area contributed by atoms with Gasteiger partial charge >= 0.3 is 0 Å². The van der Waals surface area contributed by atoms with E-state index in [9.17, 15) is 12.8 Å². The van der Waals surface area contributed by atoms with E-state index in [1.54, 1.807) is 30.6 Å². The molecule has 1 aromatic carbocycles. The van der Waals surface area contributed by atoms with Gasteiger partial charge in [0.15, 0.2) is 11.5 Å². The van der Waals surface area contributed by atoms with Crippen LogP contribution in [0.1, 0.15) is 24.0 Å². The summed E-state index contributed by atoms with van der Waals surface area (Å²) >= 11 is 3.23. The number of hydrogen-bond donors (Lipinski definition) is 1. The number of sulfonamides is 1. The van der Waals surface area contributed by atoms with Gasteiger partial charge in [0.2, 0.25) is 10.0 Å². The maximum Gasteiger partial charge on any atom is 0.236 e. The number of nitrogens with zero attached hydrogens (tertiary/aromatic N) is 3. The van der Waals surface area contributed by atoms with Gasteiger partial charge in [0.05, 0.1) is 5.25 Å². The molecule has 0 bridgehead atoms. The summed E-state index contributed by atoms with van der Waals surface area (Å²) in [4.78, 5) is 4.16. The average molecular weight is 425 g/mol. The molecule has 0 radical (unpaired) electrons. The van der Waals surface area contributed by atoms with Gasteiger partial charge in [-0.3, -0.25) is 4.72 Å². The zero-order valence-electron chi connectivity index (χ0n) is 13.0. The molecule has 1 saturated carbocycles. The van der Waals surface area contributed by atoms with Crippen molar-refractivity contribution in [3.63, 3.8) is 0 Å². The van der Waals surface area contributed by atoms with Crippen molar-refractivity contribution < 1.29 is 12.8 Å². The first kappa shape index (κ1) is 16.5. The molecule has 0 unspecified atom stereocenters. The van der Waals surface area contributed by atoms with Gasteiger partial charge in [0.1, 0.15) is 5.82 Å². The highest BCUT2D eigenvalue weighted by atomic mass is 79.9. The van der Waals surface area contributed by atoms with Gasteiger partial charge in [0.25, 0.3) is 0 Å². The van der Waals surface area contributed by atoms with Crippen LogP contribution in [0.25, 0.3) is 5.65 Å². The summed E-state index contributed by atoms with van der Waals surface area (Å²) < 4.78 is 43.5. The van der Waals surface area contributed by atoms with Gasteiger partial charge in [0, 0.05) is 28.9 Å². The highest BCUT2D eigenvalue weighted by Gasteiger charge is 2.36. The smallest absolute Gasteiger partial charge is 0.236 e. The first-order valence-corrected chi connectivity index (χ1v) is 10.0. The highest BCUT2D eigenvalue weighted by molar-refractivity contribution is 9.10. The molecule has 9 heteroatoms. The van der Waals surface area contributed by atoms with Gasteiger partial charge in [-0.25, -0.2) is 22.3 Å². The lowest BCUT2D eigenvalue weighted by Gasteiger charge is -2.12. The Labute approximate surface area is 152 Å². The number of imidazole rings is 1. The van der Waals surface area contributed by atoms with Crippen LogP contribution < -0.4 is 4.72 Å². The van der Waals surface area contributed by atoms with E-state index in [1.807, 2.05) is 0 Å². The second-order valence-electron chi connectivity index (χ2n) is 6.01. The third-order valence-electron chi connectivity index (χ3n) is 4.06. The Bertz CT molecular complexity index is 1060. The molecule has 4 rings (SSSR count). The van der Waals surface area contributed by atoms with Crippen molar-refractivity contribution in [2.75, 3.05) is 4.72 Å². The monoisotopic (exact) mass is 424 g/mol. The standard InChI is InChI=1S/C16H14BrFN4O2S/c17-12-2-1-10(14(18)9-12)7-11-8-15-19-5-6-22(15)20-16(11)21-25(23,24)13-3-4-13/h1-2,5-6,8-9,13H,3-4,7H2,(H,20,21). The van der Waals surface area contributed by atoms with E-state index in [0.717, 1.165) is 0 Å². The fourth-order valence-corrected chi connectivity index (χ4v) is 4.28. The topological polar surface area (TPSA) is 76.4 Å². The van der Waals surface area contributed by atoms with E-state index in [0.29, 0.717) is 34.1 Å². The van der Waals surface area contributed by atoms with Crippen LogP contribution >= 0.6 is 15.9 Å². The van der Waals surface area contributed by atoms with Crippen LogP contribution in [0.3, 0.4) is 0 Å². The molecular formula is C16H14BrFN4O2S. The molecule has 6 nitrogen and oxygen atoms in total. The quantitative estimate of drug-likeness (QED) is 0.682. The van der Waals surface area contributed by atoms with Crippen LogP contribution in [0.15, 0.2) is 41.1 Å². The second kappa shape index (κ2) is 6.06. The molecule has 1 fully saturated rings. The van der Waals surface area contributed by atoms with Crippen molar-refractivity contribution in [3.8, 4) is 0 Å². The minimum atomic E-state index is -3.47. The fourth-order valence-electron chi connectivity index (χ4n) is 2.58. The molecule has 1 aliphatic rings. The Morgan fingerprint density at radius 3 is 2.80 bits per heavy atom. The van der Waals surface area contributed by atoms with Crippen molar-refractivity contribution >= 4 is 37.4 Å². The molecule has 1 aliphatic carbocycles. The van der Waals surface area contributed by atoms with E-state index in [1.165, 1.54) is 10.6 Å². The molecule has 25 heavy (non-hydrogen) atoms. The maximum atomic E-state index is 14.2. The summed E-state index contributed by atoms with van der Waals surface area (Å²) in [7, 11) is -3.47. The minimum Gasteiger partial charge on any atom is -0.265 e. The molecule has 2 heterocycles.